The zero-order chi connectivity index (χ0) is 18.4. The van der Waals surface area contributed by atoms with Crippen molar-refractivity contribution in [1.82, 2.24) is 0 Å². The Hall–Kier alpha value is -2.49. The topological polar surface area (TPSA) is 58.6 Å². The van der Waals surface area contributed by atoms with Crippen LogP contribution in [-0.2, 0) is 5.41 Å². The van der Waals surface area contributed by atoms with Crippen LogP contribution >= 0.6 is 0 Å². The first-order valence-corrected chi connectivity index (χ1v) is 8.59. The number of hydrogen-bond donors (Lipinski definition) is 2. The van der Waals surface area contributed by atoms with Crippen LogP contribution in [0.25, 0.3) is 0 Å². The normalized spacial score (nSPS) is 11.2. The van der Waals surface area contributed by atoms with Crippen LogP contribution in [0.15, 0.2) is 42.5 Å². The number of ether oxygens (including phenoxy) is 1. The Morgan fingerprint density at radius 3 is 2.40 bits per heavy atom. The second-order valence-corrected chi connectivity index (χ2v) is 7.21. The van der Waals surface area contributed by atoms with Gasteiger partial charge >= 0.3 is 5.97 Å². The predicted octanol–water partition coefficient (Wildman–Crippen LogP) is 4.87. The fourth-order valence-corrected chi connectivity index (χ4v) is 2.61. The Kier molecular flexibility index (Phi) is 6.07. The quantitative estimate of drug-likeness (QED) is 0.705. The van der Waals surface area contributed by atoms with Gasteiger partial charge in [-0.2, -0.15) is 0 Å². The van der Waals surface area contributed by atoms with Gasteiger partial charge in [0.25, 0.3) is 0 Å². The van der Waals surface area contributed by atoms with Gasteiger partial charge in [-0.15, -0.1) is 0 Å². The molecule has 2 aromatic carbocycles. The van der Waals surface area contributed by atoms with E-state index < -0.39 is 5.97 Å². The number of hydrogen-bond acceptors (Lipinski definition) is 3. The van der Waals surface area contributed by atoms with Crippen molar-refractivity contribution in [2.45, 2.75) is 39.5 Å². The van der Waals surface area contributed by atoms with Gasteiger partial charge in [0.05, 0.1) is 17.9 Å². The highest BCUT2D eigenvalue weighted by molar-refractivity contribution is 5.95. The second kappa shape index (κ2) is 8.06. The van der Waals surface area contributed by atoms with Gasteiger partial charge in [0.2, 0.25) is 0 Å². The molecule has 0 heterocycles. The lowest BCUT2D eigenvalue weighted by atomic mass is 9.87. The third kappa shape index (κ3) is 5.24. The first-order valence-electron chi connectivity index (χ1n) is 8.59. The van der Waals surface area contributed by atoms with Crippen molar-refractivity contribution in [2.24, 2.45) is 0 Å². The van der Waals surface area contributed by atoms with Gasteiger partial charge in [0.1, 0.15) is 5.75 Å². The molecule has 0 aliphatic carbocycles. The first-order chi connectivity index (χ1) is 11.8. The van der Waals surface area contributed by atoms with Gasteiger partial charge < -0.3 is 15.2 Å². The van der Waals surface area contributed by atoms with Crippen LogP contribution in [0.1, 0.15) is 48.7 Å². The van der Waals surface area contributed by atoms with E-state index in [9.17, 15) is 9.90 Å². The van der Waals surface area contributed by atoms with E-state index in [4.69, 9.17) is 4.74 Å². The number of benzene rings is 2. The van der Waals surface area contributed by atoms with Crippen molar-refractivity contribution >= 4 is 11.7 Å². The first kappa shape index (κ1) is 18.8. The minimum atomic E-state index is -0.915. The summed E-state index contributed by atoms with van der Waals surface area (Å²) in [5.41, 5.74) is 3.33. The van der Waals surface area contributed by atoms with E-state index in [2.05, 4.69) is 38.2 Å². The number of carbonyl (C=O) groups is 1. The Morgan fingerprint density at radius 1 is 1.12 bits per heavy atom. The second-order valence-electron chi connectivity index (χ2n) is 7.21. The van der Waals surface area contributed by atoms with Crippen LogP contribution < -0.4 is 10.1 Å². The summed E-state index contributed by atoms with van der Waals surface area (Å²) in [6.45, 7) is 9.70. The van der Waals surface area contributed by atoms with Crippen LogP contribution in [0, 0.1) is 6.92 Å². The fraction of sp³-hybridized carbons (Fsp3) is 0.381. The van der Waals surface area contributed by atoms with E-state index in [1.807, 2.05) is 25.1 Å². The molecule has 0 atom stereocenters. The average molecular weight is 341 g/mol. The molecule has 0 radical (unpaired) electrons. The molecule has 0 amide bonds. The average Bonchev–Trinajstić information content (AvgIpc) is 2.55. The van der Waals surface area contributed by atoms with Crippen molar-refractivity contribution in [3.63, 3.8) is 0 Å². The summed E-state index contributed by atoms with van der Waals surface area (Å²) in [6.07, 6.45) is 0.786. The molecule has 4 nitrogen and oxygen atoms in total. The lowest BCUT2D eigenvalue weighted by Gasteiger charge is -2.19. The molecule has 134 valence electrons. The summed E-state index contributed by atoms with van der Waals surface area (Å²) in [6, 6.07) is 13.5. The van der Waals surface area contributed by atoms with Crippen molar-refractivity contribution in [1.29, 1.82) is 0 Å². The van der Waals surface area contributed by atoms with E-state index in [-0.39, 0.29) is 5.41 Å². The fourth-order valence-electron chi connectivity index (χ4n) is 2.61. The molecule has 2 N–H and O–H groups in total. The van der Waals surface area contributed by atoms with Crippen LogP contribution in [0.2, 0.25) is 0 Å². The number of carboxylic acid groups (broad SMARTS) is 1. The van der Waals surface area contributed by atoms with Crippen LogP contribution in [0.4, 0.5) is 5.69 Å². The Labute approximate surface area is 149 Å². The zero-order valence-corrected chi connectivity index (χ0v) is 15.4. The van der Waals surface area contributed by atoms with E-state index in [0.29, 0.717) is 24.4 Å². The molecule has 0 aliphatic heterocycles. The van der Waals surface area contributed by atoms with E-state index in [1.165, 1.54) is 5.56 Å². The van der Waals surface area contributed by atoms with Crippen molar-refractivity contribution in [2.75, 3.05) is 18.5 Å². The molecule has 2 rings (SSSR count). The van der Waals surface area contributed by atoms with Crippen molar-refractivity contribution in [3.8, 4) is 5.75 Å². The number of aromatic carboxylic acids is 1. The molecule has 0 saturated carbocycles. The lowest BCUT2D eigenvalue weighted by molar-refractivity contribution is 0.0698. The van der Waals surface area contributed by atoms with Gasteiger partial charge in [0.15, 0.2) is 0 Å². The highest BCUT2D eigenvalue weighted by atomic mass is 16.5. The number of aryl methyl sites for hydroxylation is 1. The maximum Gasteiger partial charge on any atom is 0.337 e. The van der Waals surface area contributed by atoms with Crippen LogP contribution in [-0.4, -0.2) is 24.2 Å². The third-order valence-electron chi connectivity index (χ3n) is 4.12. The molecular weight excluding hydrogens is 314 g/mol. The zero-order valence-electron chi connectivity index (χ0n) is 15.4. The molecule has 0 aliphatic rings. The molecule has 4 heteroatoms. The summed E-state index contributed by atoms with van der Waals surface area (Å²) in [7, 11) is 0. The number of anilines is 1. The summed E-state index contributed by atoms with van der Waals surface area (Å²) in [5, 5.41) is 12.5. The Balaban J connectivity index is 1.82. The number of nitrogens with one attached hydrogen (secondary N) is 1. The molecule has 0 saturated heterocycles. The summed E-state index contributed by atoms with van der Waals surface area (Å²) in [5.74, 6) is -0.0588. The minimum Gasteiger partial charge on any atom is -0.494 e. The van der Waals surface area contributed by atoms with Gasteiger partial charge in [-0.05, 0) is 48.1 Å². The monoisotopic (exact) mass is 341 g/mol. The highest BCUT2D eigenvalue weighted by Gasteiger charge is 2.13. The summed E-state index contributed by atoms with van der Waals surface area (Å²) < 4.78 is 5.76. The number of carboxylic acids is 1. The van der Waals surface area contributed by atoms with E-state index >= 15 is 0 Å². The summed E-state index contributed by atoms with van der Waals surface area (Å²) >= 11 is 0. The Bertz CT molecular complexity index is 715. The SMILES string of the molecule is Cc1cccc(C(=O)O)c1NCCCOc1ccc(C(C)(C)C)cc1. The minimum absolute atomic E-state index is 0.137. The molecule has 0 fully saturated rings. The highest BCUT2D eigenvalue weighted by Crippen LogP contribution is 2.24. The van der Waals surface area contributed by atoms with Crippen molar-refractivity contribution in [3.05, 3.63) is 59.2 Å². The molecule has 0 aromatic heterocycles. The smallest absolute Gasteiger partial charge is 0.337 e. The van der Waals surface area contributed by atoms with Crippen molar-refractivity contribution < 1.29 is 14.6 Å². The predicted molar refractivity (Wildman–Crippen MR) is 102 cm³/mol. The maximum atomic E-state index is 11.3. The molecule has 0 unspecified atom stereocenters. The van der Waals surface area contributed by atoms with Gasteiger partial charge in [-0.1, -0.05) is 45.0 Å². The van der Waals surface area contributed by atoms with Crippen LogP contribution in [0.5, 0.6) is 5.75 Å². The number of para-hydroxylation sites is 1. The van der Waals surface area contributed by atoms with Gasteiger partial charge in [-0.25, -0.2) is 4.79 Å². The van der Waals surface area contributed by atoms with Gasteiger partial charge in [0, 0.05) is 6.54 Å². The molecule has 0 spiro atoms. The maximum absolute atomic E-state index is 11.3. The largest absolute Gasteiger partial charge is 0.494 e. The third-order valence-corrected chi connectivity index (χ3v) is 4.12. The van der Waals surface area contributed by atoms with E-state index in [1.54, 1.807) is 12.1 Å². The molecule has 2 aromatic rings. The molecular formula is C21H27NO3. The molecule has 25 heavy (non-hydrogen) atoms. The van der Waals surface area contributed by atoms with Gasteiger partial charge in [-0.3, -0.25) is 0 Å². The summed E-state index contributed by atoms with van der Waals surface area (Å²) in [4.78, 5) is 11.3. The standard InChI is InChI=1S/C21H27NO3/c1-15-7-5-8-18(20(23)24)19(15)22-13-6-14-25-17-11-9-16(10-12-17)21(2,3)4/h5,7-12,22H,6,13-14H2,1-4H3,(H,23,24). The van der Waals surface area contributed by atoms with E-state index in [0.717, 1.165) is 17.7 Å². The Morgan fingerprint density at radius 2 is 1.80 bits per heavy atom. The number of rotatable bonds is 7. The lowest BCUT2D eigenvalue weighted by Crippen LogP contribution is -2.12. The van der Waals surface area contributed by atoms with Crippen LogP contribution in [0.3, 0.4) is 0 Å². The molecule has 0 bridgehead atoms.